The molecular formula is C18H24N4O2. The molecule has 0 saturated carbocycles. The third-order valence-electron chi connectivity index (χ3n) is 5.34. The highest BCUT2D eigenvalue weighted by molar-refractivity contribution is 5.86. The molecule has 1 atom stereocenters. The summed E-state index contributed by atoms with van der Waals surface area (Å²) in [6.45, 7) is 4.61. The average Bonchev–Trinajstić information content (AvgIpc) is 2.62. The van der Waals surface area contributed by atoms with Crippen molar-refractivity contribution >= 4 is 16.9 Å². The van der Waals surface area contributed by atoms with E-state index in [0.717, 1.165) is 68.1 Å². The van der Waals surface area contributed by atoms with Crippen molar-refractivity contribution in [1.82, 2.24) is 15.0 Å². The lowest BCUT2D eigenvalue weighted by Gasteiger charge is -2.48. The minimum Gasteiger partial charge on any atom is -0.378 e. The van der Waals surface area contributed by atoms with Gasteiger partial charge in [0.25, 0.3) is 0 Å². The Morgan fingerprint density at radius 2 is 2.12 bits per heavy atom. The van der Waals surface area contributed by atoms with Crippen LogP contribution in [0.5, 0.6) is 0 Å². The predicted molar refractivity (Wildman–Crippen MR) is 92.2 cm³/mol. The number of rotatable bonds is 2. The molecule has 1 spiro atoms. The van der Waals surface area contributed by atoms with Crippen molar-refractivity contribution in [3.05, 3.63) is 24.2 Å². The van der Waals surface area contributed by atoms with Crippen molar-refractivity contribution in [2.75, 3.05) is 31.7 Å². The van der Waals surface area contributed by atoms with E-state index < -0.39 is 0 Å². The Bertz CT molecular complexity index is 728. The molecule has 128 valence electrons. The van der Waals surface area contributed by atoms with Crippen molar-refractivity contribution in [3.63, 3.8) is 0 Å². The molecule has 0 radical (unpaired) electrons. The van der Waals surface area contributed by atoms with Crippen molar-refractivity contribution in [2.24, 2.45) is 0 Å². The number of anilines is 1. The lowest BCUT2D eigenvalue weighted by Crippen LogP contribution is -2.56. The van der Waals surface area contributed by atoms with Gasteiger partial charge in [0.1, 0.15) is 11.6 Å². The normalized spacial score (nSPS) is 23.8. The first kappa shape index (κ1) is 15.7. The molecule has 0 N–H and O–H groups in total. The monoisotopic (exact) mass is 328 g/mol. The maximum atomic E-state index is 6.21. The first-order valence-electron chi connectivity index (χ1n) is 8.73. The molecule has 0 amide bonds. The van der Waals surface area contributed by atoms with Crippen LogP contribution in [0.25, 0.3) is 11.0 Å². The van der Waals surface area contributed by atoms with Crippen LogP contribution in [0.1, 0.15) is 31.5 Å². The number of hydrogen-bond acceptors (Lipinski definition) is 6. The number of hydrogen-bond donors (Lipinski definition) is 0. The van der Waals surface area contributed by atoms with Crippen LogP contribution in [0.3, 0.4) is 0 Å². The van der Waals surface area contributed by atoms with Gasteiger partial charge in [0.2, 0.25) is 0 Å². The van der Waals surface area contributed by atoms with E-state index in [1.165, 1.54) is 0 Å². The van der Waals surface area contributed by atoms with Crippen LogP contribution in [0.4, 0.5) is 5.82 Å². The van der Waals surface area contributed by atoms with E-state index in [0.29, 0.717) is 0 Å². The van der Waals surface area contributed by atoms with Crippen LogP contribution in [-0.2, 0) is 9.47 Å². The molecule has 6 heteroatoms. The van der Waals surface area contributed by atoms with Crippen LogP contribution >= 0.6 is 0 Å². The molecule has 2 aromatic heterocycles. The van der Waals surface area contributed by atoms with Gasteiger partial charge in [-0.2, -0.15) is 0 Å². The van der Waals surface area contributed by atoms with E-state index in [1.54, 1.807) is 13.3 Å². The molecule has 0 bridgehead atoms. The molecule has 0 aliphatic carbocycles. The Morgan fingerprint density at radius 3 is 2.92 bits per heavy atom. The zero-order valence-corrected chi connectivity index (χ0v) is 14.4. The van der Waals surface area contributed by atoms with Crippen LogP contribution in [-0.4, -0.2) is 53.5 Å². The highest BCUT2D eigenvalue weighted by atomic mass is 16.5. The maximum Gasteiger partial charge on any atom is 0.164 e. The smallest absolute Gasteiger partial charge is 0.164 e. The predicted octanol–water partition coefficient (Wildman–Crippen LogP) is 2.50. The average molecular weight is 328 g/mol. The first-order valence-corrected chi connectivity index (χ1v) is 8.73. The summed E-state index contributed by atoms with van der Waals surface area (Å²) in [6, 6.07) is 4.00. The number of piperidine rings is 1. The summed E-state index contributed by atoms with van der Waals surface area (Å²) in [5.74, 6) is 1.75. The van der Waals surface area contributed by atoms with Gasteiger partial charge >= 0.3 is 0 Å². The fraction of sp³-hybridized carbons (Fsp3) is 0.611. The van der Waals surface area contributed by atoms with E-state index in [-0.39, 0.29) is 11.7 Å². The van der Waals surface area contributed by atoms with Gasteiger partial charge in [0, 0.05) is 33.0 Å². The second-order valence-corrected chi connectivity index (χ2v) is 6.74. The number of methoxy groups -OCH3 is 1. The number of ether oxygens (including phenoxy) is 2. The summed E-state index contributed by atoms with van der Waals surface area (Å²) in [5.41, 5.74) is 0.642. The number of aromatic nitrogens is 3. The Hall–Kier alpha value is -1.79. The molecule has 4 rings (SSSR count). The third-order valence-corrected chi connectivity index (χ3v) is 5.34. The zero-order chi connectivity index (χ0) is 16.6. The molecular weight excluding hydrogens is 304 g/mol. The van der Waals surface area contributed by atoms with Gasteiger partial charge in [-0.1, -0.05) is 0 Å². The highest BCUT2D eigenvalue weighted by Crippen LogP contribution is 2.38. The summed E-state index contributed by atoms with van der Waals surface area (Å²) >= 11 is 0. The van der Waals surface area contributed by atoms with Gasteiger partial charge in [-0.3, -0.25) is 0 Å². The Labute approximate surface area is 142 Å². The standard InChI is InChI=1S/C18H24N4O2/c1-13-20-16-14(5-3-9-19-16)17(21-13)22-10-7-18(8-11-22)15(23-2)6-4-12-24-18/h3,5,9,15H,4,6-8,10-12H2,1-2H3/t15-/m0/s1. The molecule has 2 saturated heterocycles. The molecule has 6 nitrogen and oxygen atoms in total. The molecule has 2 aliphatic rings. The quantitative estimate of drug-likeness (QED) is 0.844. The summed E-state index contributed by atoms with van der Waals surface area (Å²) in [5, 5.41) is 1.02. The second kappa shape index (κ2) is 6.26. The number of pyridine rings is 1. The van der Waals surface area contributed by atoms with Crippen molar-refractivity contribution < 1.29 is 9.47 Å². The summed E-state index contributed by atoms with van der Waals surface area (Å²) in [4.78, 5) is 15.9. The number of nitrogens with zero attached hydrogens (tertiary/aromatic N) is 4. The van der Waals surface area contributed by atoms with Crippen molar-refractivity contribution in [2.45, 2.75) is 44.3 Å². The second-order valence-electron chi connectivity index (χ2n) is 6.74. The minimum absolute atomic E-state index is 0.125. The molecule has 4 heterocycles. The molecule has 2 aliphatic heterocycles. The number of aryl methyl sites for hydroxylation is 1. The fourth-order valence-corrected chi connectivity index (χ4v) is 4.09. The van der Waals surface area contributed by atoms with Gasteiger partial charge in [-0.25, -0.2) is 15.0 Å². The van der Waals surface area contributed by atoms with Crippen LogP contribution < -0.4 is 4.90 Å². The molecule has 0 unspecified atom stereocenters. The number of fused-ring (bicyclic) bond motifs is 1. The minimum atomic E-state index is -0.125. The third kappa shape index (κ3) is 2.63. The van der Waals surface area contributed by atoms with Crippen LogP contribution in [0.2, 0.25) is 0 Å². The van der Waals surface area contributed by atoms with E-state index >= 15 is 0 Å². The van der Waals surface area contributed by atoms with Crippen LogP contribution in [0.15, 0.2) is 18.3 Å². The summed E-state index contributed by atoms with van der Waals surface area (Å²) in [7, 11) is 1.81. The first-order chi connectivity index (χ1) is 11.7. The Kier molecular flexibility index (Phi) is 4.10. The fourth-order valence-electron chi connectivity index (χ4n) is 4.09. The lowest BCUT2D eigenvalue weighted by atomic mass is 9.82. The highest BCUT2D eigenvalue weighted by Gasteiger charge is 2.45. The molecule has 0 aromatic carbocycles. The summed E-state index contributed by atoms with van der Waals surface area (Å²) < 4.78 is 11.9. The van der Waals surface area contributed by atoms with E-state index in [9.17, 15) is 0 Å². The topological polar surface area (TPSA) is 60.4 Å². The van der Waals surface area contributed by atoms with E-state index in [1.807, 2.05) is 13.0 Å². The van der Waals surface area contributed by atoms with Crippen LogP contribution in [0, 0.1) is 6.92 Å². The lowest BCUT2D eigenvalue weighted by molar-refractivity contribution is -0.175. The zero-order valence-electron chi connectivity index (χ0n) is 14.4. The van der Waals surface area contributed by atoms with E-state index in [4.69, 9.17) is 14.5 Å². The van der Waals surface area contributed by atoms with Crippen molar-refractivity contribution in [1.29, 1.82) is 0 Å². The Balaban J connectivity index is 1.60. The van der Waals surface area contributed by atoms with Crippen molar-refractivity contribution in [3.8, 4) is 0 Å². The maximum absolute atomic E-state index is 6.21. The Morgan fingerprint density at radius 1 is 1.29 bits per heavy atom. The molecule has 2 aromatic rings. The van der Waals surface area contributed by atoms with Gasteiger partial charge in [0.05, 0.1) is 17.1 Å². The van der Waals surface area contributed by atoms with Gasteiger partial charge in [-0.05, 0) is 44.7 Å². The van der Waals surface area contributed by atoms with Gasteiger partial charge in [0.15, 0.2) is 5.65 Å². The largest absolute Gasteiger partial charge is 0.378 e. The van der Waals surface area contributed by atoms with Gasteiger partial charge in [-0.15, -0.1) is 0 Å². The molecule has 24 heavy (non-hydrogen) atoms. The van der Waals surface area contributed by atoms with E-state index in [2.05, 4.69) is 20.9 Å². The SMILES string of the molecule is CO[C@H]1CCCOC12CCN(c1nc(C)nc3ncccc13)CC2. The summed E-state index contributed by atoms with van der Waals surface area (Å²) in [6.07, 6.45) is 6.11. The van der Waals surface area contributed by atoms with Gasteiger partial charge < -0.3 is 14.4 Å². The molecule has 2 fully saturated rings.